The van der Waals surface area contributed by atoms with Crippen molar-refractivity contribution < 1.29 is 0 Å². The first-order valence-electron chi connectivity index (χ1n) is 4.76. The van der Waals surface area contributed by atoms with E-state index in [0.29, 0.717) is 0 Å². The van der Waals surface area contributed by atoms with E-state index >= 15 is 0 Å². The molecular weight excluding hydrogens is 170 g/mol. The minimum Gasteiger partial charge on any atom is -0.264 e. The summed E-state index contributed by atoms with van der Waals surface area (Å²) in [4.78, 5) is 4.15. The van der Waals surface area contributed by atoms with Crippen LogP contribution in [0, 0.1) is 0 Å². The Morgan fingerprint density at radius 3 is 2.93 bits per heavy atom. The molecule has 1 aliphatic rings. The van der Waals surface area contributed by atoms with Crippen molar-refractivity contribution in [2.75, 3.05) is 0 Å². The fourth-order valence-corrected chi connectivity index (χ4v) is 1.76. The highest BCUT2D eigenvalue weighted by Gasteiger charge is 2.25. The lowest BCUT2D eigenvalue weighted by Crippen LogP contribution is -2.20. The van der Waals surface area contributed by atoms with E-state index in [2.05, 4.69) is 41.9 Å². The minimum absolute atomic E-state index is 0.0526. The maximum absolute atomic E-state index is 4.15. The summed E-state index contributed by atoms with van der Waals surface area (Å²) in [5.41, 5.74) is 1.15. The molecule has 0 bridgehead atoms. The molecule has 1 aliphatic carbocycles. The van der Waals surface area contributed by atoms with Gasteiger partial charge in [-0.15, -0.1) is 6.58 Å². The SMILES string of the molecule is C=CC1(c2cccnc2)C=CC=CC1. The van der Waals surface area contributed by atoms with Crippen molar-refractivity contribution in [2.24, 2.45) is 0 Å². The summed E-state index contributed by atoms with van der Waals surface area (Å²) in [5.74, 6) is 0. The van der Waals surface area contributed by atoms with Crippen LogP contribution in [0.25, 0.3) is 0 Å². The van der Waals surface area contributed by atoms with Gasteiger partial charge in [0.1, 0.15) is 0 Å². The Labute approximate surface area is 84.5 Å². The molecule has 70 valence electrons. The van der Waals surface area contributed by atoms with Crippen LogP contribution in [0.15, 0.2) is 61.5 Å². The minimum atomic E-state index is -0.0526. The van der Waals surface area contributed by atoms with E-state index in [0.717, 1.165) is 6.42 Å². The van der Waals surface area contributed by atoms with E-state index in [1.165, 1.54) is 5.56 Å². The number of rotatable bonds is 2. The van der Waals surface area contributed by atoms with E-state index in [1.54, 1.807) is 6.20 Å². The molecule has 1 nitrogen and oxygen atoms in total. The van der Waals surface area contributed by atoms with E-state index in [-0.39, 0.29) is 5.41 Å². The summed E-state index contributed by atoms with van der Waals surface area (Å²) < 4.78 is 0. The molecule has 1 heteroatoms. The quantitative estimate of drug-likeness (QED) is 0.642. The molecule has 1 unspecified atom stereocenters. The van der Waals surface area contributed by atoms with Crippen LogP contribution in [0.1, 0.15) is 12.0 Å². The molecule has 0 fully saturated rings. The van der Waals surface area contributed by atoms with Gasteiger partial charge in [0.05, 0.1) is 0 Å². The second-order valence-corrected chi connectivity index (χ2v) is 3.48. The van der Waals surface area contributed by atoms with Gasteiger partial charge in [0, 0.05) is 17.8 Å². The van der Waals surface area contributed by atoms with Crippen LogP contribution in [0.4, 0.5) is 0 Å². The number of allylic oxidation sites excluding steroid dienone is 5. The van der Waals surface area contributed by atoms with Crippen LogP contribution in [-0.2, 0) is 5.41 Å². The Kier molecular flexibility index (Phi) is 2.32. The zero-order valence-electron chi connectivity index (χ0n) is 8.06. The van der Waals surface area contributed by atoms with Gasteiger partial charge in [-0.25, -0.2) is 0 Å². The molecule has 0 amide bonds. The average Bonchev–Trinajstić information content (AvgIpc) is 2.31. The molecular formula is C13H13N. The molecule has 14 heavy (non-hydrogen) atoms. The summed E-state index contributed by atoms with van der Waals surface area (Å²) in [6, 6.07) is 4.06. The molecule has 0 radical (unpaired) electrons. The third kappa shape index (κ3) is 1.41. The Balaban J connectivity index is 2.44. The van der Waals surface area contributed by atoms with Gasteiger partial charge in [0.25, 0.3) is 0 Å². The predicted molar refractivity (Wildman–Crippen MR) is 59.0 cm³/mol. The van der Waals surface area contributed by atoms with Crippen LogP contribution < -0.4 is 0 Å². The van der Waals surface area contributed by atoms with Crippen molar-refractivity contribution in [3.05, 3.63) is 67.0 Å². The van der Waals surface area contributed by atoms with Crippen LogP contribution in [0.3, 0.4) is 0 Å². The molecule has 1 aromatic heterocycles. The first kappa shape index (κ1) is 8.95. The molecule has 1 aromatic rings. The maximum Gasteiger partial charge on any atom is 0.0362 e. The summed E-state index contributed by atoms with van der Waals surface area (Å²) >= 11 is 0. The summed E-state index contributed by atoms with van der Waals surface area (Å²) in [6.07, 6.45) is 15.1. The predicted octanol–water partition coefficient (Wildman–Crippen LogP) is 3.02. The molecule has 0 spiro atoms. The fraction of sp³-hybridized carbons (Fsp3) is 0.154. The third-order valence-electron chi connectivity index (χ3n) is 2.66. The highest BCUT2D eigenvalue weighted by atomic mass is 14.6. The summed E-state index contributed by atoms with van der Waals surface area (Å²) in [6.45, 7) is 3.92. The van der Waals surface area contributed by atoms with Gasteiger partial charge < -0.3 is 0 Å². The number of hydrogen-bond donors (Lipinski definition) is 0. The monoisotopic (exact) mass is 183 g/mol. The smallest absolute Gasteiger partial charge is 0.0362 e. The summed E-state index contributed by atoms with van der Waals surface area (Å²) in [7, 11) is 0. The van der Waals surface area contributed by atoms with Gasteiger partial charge >= 0.3 is 0 Å². The average molecular weight is 183 g/mol. The molecule has 1 heterocycles. The lowest BCUT2D eigenvalue weighted by atomic mass is 9.76. The highest BCUT2D eigenvalue weighted by molar-refractivity contribution is 5.38. The zero-order valence-corrected chi connectivity index (χ0v) is 8.06. The molecule has 0 aromatic carbocycles. The fourth-order valence-electron chi connectivity index (χ4n) is 1.76. The Morgan fingerprint density at radius 2 is 2.36 bits per heavy atom. The van der Waals surface area contributed by atoms with Crippen molar-refractivity contribution in [2.45, 2.75) is 11.8 Å². The molecule has 0 aliphatic heterocycles. The molecule has 0 saturated carbocycles. The topological polar surface area (TPSA) is 12.9 Å². The third-order valence-corrected chi connectivity index (χ3v) is 2.66. The van der Waals surface area contributed by atoms with Gasteiger partial charge in [-0.05, 0) is 18.1 Å². The second kappa shape index (κ2) is 3.62. The Bertz CT molecular complexity index is 375. The van der Waals surface area contributed by atoms with Crippen molar-refractivity contribution in [3.63, 3.8) is 0 Å². The lowest BCUT2D eigenvalue weighted by Gasteiger charge is -2.27. The van der Waals surface area contributed by atoms with Crippen LogP contribution in [0.2, 0.25) is 0 Å². The van der Waals surface area contributed by atoms with E-state index in [9.17, 15) is 0 Å². The number of aromatic nitrogens is 1. The Morgan fingerprint density at radius 1 is 1.43 bits per heavy atom. The van der Waals surface area contributed by atoms with E-state index < -0.39 is 0 Å². The molecule has 2 rings (SSSR count). The van der Waals surface area contributed by atoms with Gasteiger partial charge in [-0.3, -0.25) is 4.98 Å². The Hall–Kier alpha value is -1.63. The van der Waals surface area contributed by atoms with Crippen LogP contribution in [-0.4, -0.2) is 4.98 Å². The molecule has 0 N–H and O–H groups in total. The summed E-state index contributed by atoms with van der Waals surface area (Å²) in [5, 5.41) is 0. The first-order valence-corrected chi connectivity index (χ1v) is 4.76. The van der Waals surface area contributed by atoms with Crippen molar-refractivity contribution >= 4 is 0 Å². The number of pyridine rings is 1. The van der Waals surface area contributed by atoms with Crippen molar-refractivity contribution in [3.8, 4) is 0 Å². The molecule has 0 saturated heterocycles. The highest BCUT2D eigenvalue weighted by Crippen LogP contribution is 2.32. The van der Waals surface area contributed by atoms with E-state index in [1.807, 2.05) is 18.3 Å². The normalized spacial score (nSPS) is 24.9. The van der Waals surface area contributed by atoms with Crippen LogP contribution in [0.5, 0.6) is 0 Å². The van der Waals surface area contributed by atoms with Gasteiger partial charge in [0.2, 0.25) is 0 Å². The maximum atomic E-state index is 4.15. The second-order valence-electron chi connectivity index (χ2n) is 3.48. The van der Waals surface area contributed by atoms with Gasteiger partial charge in [-0.1, -0.05) is 36.4 Å². The van der Waals surface area contributed by atoms with Crippen LogP contribution >= 0.6 is 0 Å². The van der Waals surface area contributed by atoms with E-state index in [4.69, 9.17) is 0 Å². The standard InChI is InChI=1S/C13H13N/c1-2-13(8-4-3-5-9-13)12-7-6-10-14-11-12/h2-8,10-11H,1,9H2. The lowest BCUT2D eigenvalue weighted by molar-refractivity contribution is 0.673. The first-order chi connectivity index (χ1) is 6.87. The van der Waals surface area contributed by atoms with Gasteiger partial charge in [-0.2, -0.15) is 0 Å². The van der Waals surface area contributed by atoms with Gasteiger partial charge in [0.15, 0.2) is 0 Å². The van der Waals surface area contributed by atoms with Crippen molar-refractivity contribution in [1.29, 1.82) is 0 Å². The largest absolute Gasteiger partial charge is 0.264 e. The van der Waals surface area contributed by atoms with Crippen molar-refractivity contribution in [1.82, 2.24) is 4.98 Å². The number of nitrogens with zero attached hydrogens (tertiary/aromatic N) is 1. The number of hydrogen-bond acceptors (Lipinski definition) is 1. The molecule has 1 atom stereocenters. The zero-order chi connectivity index (χ0) is 9.86.